The third kappa shape index (κ3) is 4.32. The highest BCUT2D eigenvalue weighted by Crippen LogP contribution is 2.37. The highest BCUT2D eigenvalue weighted by atomic mass is 32.2. The quantitative estimate of drug-likeness (QED) is 0.779. The third-order valence-electron chi connectivity index (χ3n) is 3.74. The lowest BCUT2D eigenvalue weighted by atomic mass is 9.76. The number of hydrogen-bond donors (Lipinski definition) is 1. The molecule has 1 aromatic rings. The molecule has 0 aromatic heterocycles. The molecular formula is C15H23NO2S. The summed E-state index contributed by atoms with van der Waals surface area (Å²) in [6.45, 7) is 0.981. The standard InChI is InChI=1S/C15H23NO2S/c1-18-15-6-3-5-12(11-15)13-9-14(10-13)16-7-4-8-19(2)17/h3,5-6,11,13-14,16H,4,7-10H2,1-2H3. The van der Waals surface area contributed by atoms with E-state index in [0.717, 1.165) is 24.5 Å². The molecule has 0 spiro atoms. The van der Waals surface area contributed by atoms with Gasteiger partial charge in [0.2, 0.25) is 0 Å². The fourth-order valence-electron chi connectivity index (χ4n) is 2.53. The van der Waals surface area contributed by atoms with E-state index in [1.54, 1.807) is 13.4 Å². The molecule has 1 atom stereocenters. The summed E-state index contributed by atoms with van der Waals surface area (Å²) >= 11 is 0. The van der Waals surface area contributed by atoms with E-state index in [4.69, 9.17) is 4.74 Å². The lowest BCUT2D eigenvalue weighted by molar-refractivity contribution is 0.291. The predicted octanol–water partition coefficient (Wildman–Crippen LogP) is 2.30. The van der Waals surface area contributed by atoms with Crippen LogP contribution in [0.25, 0.3) is 0 Å². The Morgan fingerprint density at radius 2 is 2.21 bits per heavy atom. The Morgan fingerprint density at radius 1 is 1.42 bits per heavy atom. The lowest BCUT2D eigenvalue weighted by Crippen LogP contribution is -2.40. The molecule has 106 valence electrons. The maximum absolute atomic E-state index is 10.9. The molecule has 1 unspecified atom stereocenters. The maximum atomic E-state index is 10.9. The van der Waals surface area contributed by atoms with Crippen molar-refractivity contribution >= 4 is 10.8 Å². The van der Waals surface area contributed by atoms with Gasteiger partial charge in [-0.05, 0) is 49.4 Å². The first-order valence-corrected chi connectivity index (χ1v) is 8.59. The van der Waals surface area contributed by atoms with Crippen molar-refractivity contribution in [1.82, 2.24) is 5.32 Å². The largest absolute Gasteiger partial charge is 0.497 e. The molecule has 0 saturated heterocycles. The molecule has 0 radical (unpaired) electrons. The minimum absolute atomic E-state index is 0.626. The summed E-state index contributed by atoms with van der Waals surface area (Å²) in [4.78, 5) is 0. The van der Waals surface area contributed by atoms with Crippen LogP contribution in [0.2, 0.25) is 0 Å². The minimum Gasteiger partial charge on any atom is -0.497 e. The smallest absolute Gasteiger partial charge is 0.119 e. The zero-order valence-corrected chi connectivity index (χ0v) is 12.5. The van der Waals surface area contributed by atoms with Gasteiger partial charge < -0.3 is 10.1 Å². The van der Waals surface area contributed by atoms with Crippen LogP contribution in [0.1, 0.15) is 30.7 Å². The number of rotatable bonds is 7. The summed E-state index contributed by atoms with van der Waals surface area (Å²) in [7, 11) is 1.05. The second kappa shape index (κ2) is 7.06. The molecule has 1 aliphatic carbocycles. The Labute approximate surface area is 118 Å². The van der Waals surface area contributed by atoms with E-state index in [0.29, 0.717) is 12.0 Å². The van der Waals surface area contributed by atoms with E-state index in [2.05, 4.69) is 23.5 Å². The molecule has 0 amide bonds. The number of methoxy groups -OCH3 is 1. The maximum Gasteiger partial charge on any atom is 0.119 e. The third-order valence-corrected chi connectivity index (χ3v) is 4.61. The Hall–Kier alpha value is -0.870. The summed E-state index contributed by atoms with van der Waals surface area (Å²) in [5.74, 6) is 2.41. The first-order valence-electron chi connectivity index (χ1n) is 6.86. The summed E-state index contributed by atoms with van der Waals surface area (Å²) in [5.41, 5.74) is 1.38. The van der Waals surface area contributed by atoms with Gasteiger partial charge in [0.15, 0.2) is 0 Å². The second-order valence-corrected chi connectivity index (χ2v) is 6.78. The zero-order valence-electron chi connectivity index (χ0n) is 11.7. The number of hydrogen-bond acceptors (Lipinski definition) is 3. The molecule has 1 N–H and O–H groups in total. The molecule has 4 heteroatoms. The normalized spacial score (nSPS) is 23.7. The number of benzene rings is 1. The van der Waals surface area contributed by atoms with E-state index in [1.165, 1.54) is 18.4 Å². The van der Waals surface area contributed by atoms with Crippen molar-refractivity contribution in [3.63, 3.8) is 0 Å². The molecule has 0 bridgehead atoms. The van der Waals surface area contributed by atoms with Gasteiger partial charge in [-0.3, -0.25) is 4.21 Å². The van der Waals surface area contributed by atoms with E-state index in [9.17, 15) is 4.21 Å². The van der Waals surface area contributed by atoms with E-state index >= 15 is 0 Å². The van der Waals surface area contributed by atoms with Crippen LogP contribution in [0.5, 0.6) is 5.75 Å². The van der Waals surface area contributed by atoms with Gasteiger partial charge in [-0.1, -0.05) is 12.1 Å². The lowest BCUT2D eigenvalue weighted by Gasteiger charge is -2.36. The molecule has 2 rings (SSSR count). The van der Waals surface area contributed by atoms with Crippen molar-refractivity contribution in [3.8, 4) is 5.75 Å². The second-order valence-electron chi connectivity index (χ2n) is 5.23. The van der Waals surface area contributed by atoms with E-state index < -0.39 is 10.8 Å². The summed E-state index contributed by atoms with van der Waals surface area (Å²) in [5, 5.41) is 3.54. The first-order chi connectivity index (χ1) is 9.19. The van der Waals surface area contributed by atoms with Crippen molar-refractivity contribution < 1.29 is 8.95 Å². The van der Waals surface area contributed by atoms with Crippen molar-refractivity contribution in [2.24, 2.45) is 0 Å². The molecular weight excluding hydrogens is 258 g/mol. The molecule has 0 heterocycles. The molecule has 1 aromatic carbocycles. The molecule has 1 fully saturated rings. The van der Waals surface area contributed by atoms with Crippen LogP contribution < -0.4 is 10.1 Å². The highest BCUT2D eigenvalue weighted by Gasteiger charge is 2.29. The summed E-state index contributed by atoms with van der Waals surface area (Å²) in [6, 6.07) is 9.00. The van der Waals surface area contributed by atoms with Crippen LogP contribution in [-0.2, 0) is 10.8 Å². The van der Waals surface area contributed by atoms with Gasteiger partial charge in [0, 0.05) is 28.9 Å². The molecule has 3 nitrogen and oxygen atoms in total. The van der Waals surface area contributed by atoms with Gasteiger partial charge >= 0.3 is 0 Å². The van der Waals surface area contributed by atoms with Crippen molar-refractivity contribution in [1.29, 1.82) is 0 Å². The van der Waals surface area contributed by atoms with Crippen LogP contribution in [-0.4, -0.2) is 35.9 Å². The van der Waals surface area contributed by atoms with Crippen molar-refractivity contribution in [2.45, 2.75) is 31.2 Å². The Balaban J connectivity index is 1.69. The molecule has 0 aliphatic heterocycles. The Kier molecular flexibility index (Phi) is 5.40. The zero-order chi connectivity index (χ0) is 13.7. The number of nitrogens with one attached hydrogen (secondary N) is 1. The SMILES string of the molecule is COc1cccc(C2CC(NCCCS(C)=O)C2)c1. The summed E-state index contributed by atoms with van der Waals surface area (Å²) < 4.78 is 16.2. The predicted molar refractivity (Wildman–Crippen MR) is 80.3 cm³/mol. The van der Waals surface area contributed by atoms with E-state index in [-0.39, 0.29) is 0 Å². The Morgan fingerprint density at radius 3 is 2.89 bits per heavy atom. The van der Waals surface area contributed by atoms with Gasteiger partial charge in [-0.2, -0.15) is 0 Å². The average molecular weight is 281 g/mol. The van der Waals surface area contributed by atoms with Crippen LogP contribution in [0.4, 0.5) is 0 Å². The Bertz CT molecular complexity index is 430. The van der Waals surface area contributed by atoms with Crippen molar-refractivity contribution in [3.05, 3.63) is 29.8 Å². The van der Waals surface area contributed by atoms with Gasteiger partial charge in [-0.15, -0.1) is 0 Å². The van der Waals surface area contributed by atoms with Crippen LogP contribution in [0.15, 0.2) is 24.3 Å². The first kappa shape index (κ1) is 14.5. The molecule has 19 heavy (non-hydrogen) atoms. The highest BCUT2D eigenvalue weighted by molar-refractivity contribution is 7.84. The monoisotopic (exact) mass is 281 g/mol. The van der Waals surface area contributed by atoms with Crippen LogP contribution in [0.3, 0.4) is 0 Å². The minimum atomic E-state index is -0.659. The van der Waals surface area contributed by atoms with Gasteiger partial charge in [0.05, 0.1) is 7.11 Å². The van der Waals surface area contributed by atoms with Crippen LogP contribution in [0, 0.1) is 0 Å². The fourth-order valence-corrected chi connectivity index (χ4v) is 3.08. The van der Waals surface area contributed by atoms with Gasteiger partial charge in [-0.25, -0.2) is 0 Å². The topological polar surface area (TPSA) is 38.3 Å². The van der Waals surface area contributed by atoms with Crippen molar-refractivity contribution in [2.75, 3.05) is 25.7 Å². The molecule has 1 saturated carbocycles. The number of ether oxygens (including phenoxy) is 1. The summed E-state index contributed by atoms with van der Waals surface area (Å²) in [6.07, 6.45) is 5.16. The average Bonchev–Trinajstić information content (AvgIpc) is 2.36. The fraction of sp³-hybridized carbons (Fsp3) is 0.600. The van der Waals surface area contributed by atoms with Gasteiger partial charge in [0.25, 0.3) is 0 Å². The van der Waals surface area contributed by atoms with Gasteiger partial charge in [0.1, 0.15) is 5.75 Å². The van der Waals surface area contributed by atoms with Crippen LogP contribution >= 0.6 is 0 Å². The molecule has 1 aliphatic rings. The van der Waals surface area contributed by atoms with E-state index in [1.807, 2.05) is 6.07 Å².